The van der Waals surface area contributed by atoms with Crippen LogP contribution in [0.2, 0.25) is 0 Å². The van der Waals surface area contributed by atoms with E-state index in [0.29, 0.717) is 11.7 Å². The van der Waals surface area contributed by atoms with Crippen molar-refractivity contribution >= 4 is 28.7 Å². The summed E-state index contributed by atoms with van der Waals surface area (Å²) in [6.07, 6.45) is 2.08. The van der Waals surface area contributed by atoms with E-state index in [-0.39, 0.29) is 0 Å². The zero-order valence-electron chi connectivity index (χ0n) is 11.5. The Bertz CT molecular complexity index is 550. The molecule has 0 heterocycles. The summed E-state index contributed by atoms with van der Waals surface area (Å²) in [5.41, 5.74) is 8.38. The molecule has 2 aromatic carbocycles. The number of amidine groups is 1. The summed E-state index contributed by atoms with van der Waals surface area (Å²) in [5, 5.41) is 0.641. The third-order valence-corrected chi connectivity index (χ3v) is 4.45. The predicted molar refractivity (Wildman–Crippen MR) is 91.3 cm³/mol. The van der Waals surface area contributed by atoms with Crippen molar-refractivity contribution in [1.82, 2.24) is 0 Å². The van der Waals surface area contributed by atoms with Gasteiger partial charge in [0.1, 0.15) is 0 Å². The summed E-state index contributed by atoms with van der Waals surface area (Å²) in [6.45, 7) is 0.644. The summed E-state index contributed by atoms with van der Waals surface area (Å²) in [4.78, 5) is 5.68. The Hall–Kier alpha value is -1.39. The quantitative estimate of drug-likeness (QED) is 0.512. The highest BCUT2D eigenvalue weighted by atomic mass is 32.2. The first-order valence-electron chi connectivity index (χ1n) is 6.37. The minimum Gasteiger partial charge on any atom is -0.379 e. The van der Waals surface area contributed by atoms with Crippen molar-refractivity contribution in [3.63, 3.8) is 0 Å². The summed E-state index contributed by atoms with van der Waals surface area (Å²) in [5.74, 6) is 0.860. The molecule has 0 atom stereocenters. The highest BCUT2D eigenvalue weighted by molar-refractivity contribution is 8.13. The number of thioether (sulfide) groups is 2. The van der Waals surface area contributed by atoms with Crippen molar-refractivity contribution in [2.24, 2.45) is 10.7 Å². The number of aliphatic imine (C=N–C) groups is 1. The zero-order valence-corrected chi connectivity index (χ0v) is 13.1. The Morgan fingerprint density at radius 3 is 2.35 bits per heavy atom. The predicted octanol–water partition coefficient (Wildman–Crippen LogP) is 4.16. The van der Waals surface area contributed by atoms with E-state index in [9.17, 15) is 0 Å². The fraction of sp³-hybridized carbons (Fsp3) is 0.188. The van der Waals surface area contributed by atoms with Crippen LogP contribution in [0.4, 0.5) is 0 Å². The lowest BCUT2D eigenvalue weighted by atomic mass is 10.2. The third kappa shape index (κ3) is 4.94. The number of hydrogen-bond acceptors (Lipinski definition) is 3. The van der Waals surface area contributed by atoms with Crippen LogP contribution in [0.1, 0.15) is 11.1 Å². The molecule has 20 heavy (non-hydrogen) atoms. The topological polar surface area (TPSA) is 38.4 Å². The van der Waals surface area contributed by atoms with Crippen LogP contribution in [0.15, 0.2) is 64.5 Å². The lowest BCUT2D eigenvalue weighted by Gasteiger charge is -2.03. The van der Waals surface area contributed by atoms with E-state index in [2.05, 4.69) is 47.6 Å². The van der Waals surface area contributed by atoms with Crippen LogP contribution in [0, 0.1) is 0 Å². The first-order chi connectivity index (χ1) is 9.78. The van der Waals surface area contributed by atoms with E-state index >= 15 is 0 Å². The van der Waals surface area contributed by atoms with Gasteiger partial charge in [0.05, 0.1) is 6.54 Å². The SMILES string of the molecule is CSc1ccc(CSC(N)=NCc2ccccc2)cc1. The molecule has 0 spiro atoms. The number of rotatable bonds is 5. The van der Waals surface area contributed by atoms with Gasteiger partial charge >= 0.3 is 0 Å². The molecule has 0 aliphatic carbocycles. The number of nitrogens with zero attached hydrogens (tertiary/aromatic N) is 1. The molecule has 0 aliphatic rings. The average Bonchev–Trinajstić information content (AvgIpc) is 2.52. The smallest absolute Gasteiger partial charge is 0.154 e. The third-order valence-electron chi connectivity index (χ3n) is 2.81. The van der Waals surface area contributed by atoms with Crippen molar-refractivity contribution in [2.75, 3.05) is 6.26 Å². The van der Waals surface area contributed by atoms with E-state index in [0.717, 1.165) is 5.75 Å². The second-order valence-corrected chi connectivity index (χ2v) is 6.15. The Labute approximate surface area is 128 Å². The Kier molecular flexibility index (Phi) is 6.02. The van der Waals surface area contributed by atoms with Crippen LogP contribution in [-0.2, 0) is 12.3 Å². The van der Waals surface area contributed by atoms with Crippen molar-refractivity contribution in [1.29, 1.82) is 0 Å². The highest BCUT2D eigenvalue weighted by Gasteiger charge is 1.98. The summed E-state index contributed by atoms with van der Waals surface area (Å²) >= 11 is 3.34. The van der Waals surface area contributed by atoms with Crippen molar-refractivity contribution in [2.45, 2.75) is 17.2 Å². The molecule has 2 rings (SSSR count). The van der Waals surface area contributed by atoms with Crippen LogP contribution >= 0.6 is 23.5 Å². The van der Waals surface area contributed by atoms with Crippen molar-refractivity contribution in [3.05, 3.63) is 65.7 Å². The Balaban J connectivity index is 1.83. The summed E-state index contributed by atoms with van der Waals surface area (Å²) in [7, 11) is 0. The minimum absolute atomic E-state index is 0.641. The normalized spacial score (nSPS) is 11.6. The molecule has 0 saturated heterocycles. The largest absolute Gasteiger partial charge is 0.379 e. The minimum atomic E-state index is 0.641. The first kappa shape index (κ1) is 15.0. The molecule has 0 aromatic heterocycles. The maximum atomic E-state index is 5.93. The maximum absolute atomic E-state index is 5.93. The van der Waals surface area contributed by atoms with Gasteiger partial charge in [-0.2, -0.15) is 0 Å². The average molecular weight is 302 g/mol. The molecule has 0 saturated carbocycles. The van der Waals surface area contributed by atoms with Crippen LogP contribution in [0.3, 0.4) is 0 Å². The molecule has 0 radical (unpaired) electrons. The number of benzene rings is 2. The maximum Gasteiger partial charge on any atom is 0.154 e. The first-order valence-corrected chi connectivity index (χ1v) is 8.58. The van der Waals surface area contributed by atoms with Gasteiger partial charge in [-0.3, -0.25) is 4.99 Å². The number of nitrogens with two attached hydrogens (primary N) is 1. The molecule has 2 nitrogen and oxygen atoms in total. The van der Waals surface area contributed by atoms with Gasteiger partial charge in [0.2, 0.25) is 0 Å². The van der Waals surface area contributed by atoms with Crippen LogP contribution in [-0.4, -0.2) is 11.4 Å². The van der Waals surface area contributed by atoms with Crippen LogP contribution in [0.5, 0.6) is 0 Å². The molecule has 0 bridgehead atoms. The molecule has 0 aliphatic heterocycles. The van der Waals surface area contributed by atoms with Crippen molar-refractivity contribution in [3.8, 4) is 0 Å². The second-order valence-electron chi connectivity index (χ2n) is 4.28. The van der Waals surface area contributed by atoms with Gasteiger partial charge in [0.15, 0.2) is 5.17 Å². The Morgan fingerprint density at radius 2 is 1.70 bits per heavy atom. The van der Waals surface area contributed by atoms with Gasteiger partial charge in [-0.05, 0) is 29.5 Å². The van der Waals surface area contributed by atoms with Gasteiger partial charge in [-0.25, -0.2) is 0 Å². The molecule has 4 heteroatoms. The lowest BCUT2D eigenvalue weighted by molar-refractivity contribution is 1.07. The molecule has 2 N–H and O–H groups in total. The summed E-state index contributed by atoms with van der Waals surface area (Å²) < 4.78 is 0. The lowest BCUT2D eigenvalue weighted by Crippen LogP contribution is -2.07. The van der Waals surface area contributed by atoms with Crippen molar-refractivity contribution < 1.29 is 0 Å². The van der Waals surface area contributed by atoms with E-state index in [4.69, 9.17) is 5.73 Å². The van der Waals surface area contributed by atoms with E-state index < -0.39 is 0 Å². The van der Waals surface area contributed by atoms with Gasteiger partial charge in [0, 0.05) is 10.6 Å². The van der Waals surface area contributed by atoms with Gasteiger partial charge in [0.25, 0.3) is 0 Å². The van der Waals surface area contributed by atoms with Crippen LogP contribution < -0.4 is 5.73 Å². The zero-order chi connectivity index (χ0) is 14.2. The van der Waals surface area contributed by atoms with E-state index in [1.807, 2.05) is 18.2 Å². The highest BCUT2D eigenvalue weighted by Crippen LogP contribution is 2.18. The second kappa shape index (κ2) is 8.02. The van der Waals surface area contributed by atoms with E-state index in [1.54, 1.807) is 23.5 Å². The monoisotopic (exact) mass is 302 g/mol. The van der Waals surface area contributed by atoms with E-state index in [1.165, 1.54) is 16.0 Å². The fourth-order valence-corrected chi connectivity index (χ4v) is 2.75. The Morgan fingerprint density at radius 1 is 1.00 bits per heavy atom. The molecule has 0 fully saturated rings. The molecular weight excluding hydrogens is 284 g/mol. The van der Waals surface area contributed by atoms with Gasteiger partial charge < -0.3 is 5.73 Å². The van der Waals surface area contributed by atoms with Gasteiger partial charge in [-0.15, -0.1) is 11.8 Å². The molecular formula is C16H18N2S2. The summed E-state index contributed by atoms with van der Waals surface area (Å²) in [6, 6.07) is 18.7. The fourth-order valence-electron chi connectivity index (χ4n) is 1.68. The molecule has 0 unspecified atom stereocenters. The standard InChI is InChI=1S/C16H18N2S2/c1-19-15-9-7-14(8-10-15)12-20-16(17)18-11-13-5-3-2-4-6-13/h2-10H,11-12H2,1H3,(H2,17,18). The number of hydrogen-bond donors (Lipinski definition) is 1. The molecule has 104 valence electrons. The van der Waals surface area contributed by atoms with Gasteiger partial charge in [-0.1, -0.05) is 54.2 Å². The van der Waals surface area contributed by atoms with Crippen LogP contribution in [0.25, 0.3) is 0 Å². The molecule has 0 amide bonds. The molecule has 2 aromatic rings.